The number of hydrogen-bond acceptors (Lipinski definition) is 2. The molecule has 1 unspecified atom stereocenters. The third kappa shape index (κ3) is 1.49. The summed E-state index contributed by atoms with van der Waals surface area (Å²) in [6.07, 6.45) is 3.35. The second kappa shape index (κ2) is 3.11. The Balaban J connectivity index is 0.000000845. The molecule has 78 valence electrons. The molecule has 2 aliphatic rings. The van der Waals surface area contributed by atoms with Crippen molar-refractivity contribution in [2.45, 2.75) is 57.7 Å². The molecule has 2 N–H and O–H groups in total. The van der Waals surface area contributed by atoms with Crippen LogP contribution in [0.4, 0.5) is 0 Å². The third-order valence-electron chi connectivity index (χ3n) is 3.67. The first-order valence-corrected chi connectivity index (χ1v) is 4.92. The lowest BCUT2D eigenvalue weighted by Gasteiger charge is -2.42. The maximum atomic E-state index is 10.5. The molecule has 2 bridgehead atoms. The van der Waals surface area contributed by atoms with Crippen LogP contribution in [0.15, 0.2) is 0 Å². The highest BCUT2D eigenvalue weighted by Gasteiger charge is 2.55. The van der Waals surface area contributed by atoms with Crippen LogP contribution in [0.1, 0.15) is 40.0 Å². The summed E-state index contributed by atoms with van der Waals surface area (Å²) in [6.45, 7) is 6.40. The van der Waals surface area contributed by atoms with Gasteiger partial charge in [-0.15, -0.1) is 12.4 Å². The van der Waals surface area contributed by atoms with Gasteiger partial charge in [-0.25, -0.2) is 0 Å². The van der Waals surface area contributed by atoms with Crippen molar-refractivity contribution in [2.24, 2.45) is 5.41 Å². The largest absolute Gasteiger partial charge is 0.388 e. The van der Waals surface area contributed by atoms with E-state index in [9.17, 15) is 5.11 Å². The molecule has 0 aromatic carbocycles. The van der Waals surface area contributed by atoms with Gasteiger partial charge in [0.1, 0.15) is 0 Å². The van der Waals surface area contributed by atoms with E-state index in [0.29, 0.717) is 12.1 Å². The molecule has 0 spiro atoms. The Bertz CT molecular complexity index is 202. The molecule has 3 heteroatoms. The molecule has 0 aromatic heterocycles. The molecule has 2 fully saturated rings. The number of halogens is 1. The van der Waals surface area contributed by atoms with Crippen molar-refractivity contribution in [3.05, 3.63) is 0 Å². The summed E-state index contributed by atoms with van der Waals surface area (Å²) in [7, 11) is 0. The van der Waals surface area contributed by atoms with Gasteiger partial charge in [0.05, 0.1) is 5.60 Å². The van der Waals surface area contributed by atoms with E-state index in [1.54, 1.807) is 0 Å². The molecule has 0 amide bonds. The monoisotopic (exact) mass is 205 g/mol. The van der Waals surface area contributed by atoms with E-state index in [1.165, 1.54) is 6.42 Å². The molecular formula is C10H20ClNO. The summed E-state index contributed by atoms with van der Waals surface area (Å²) < 4.78 is 0. The Hall–Kier alpha value is 0.210. The van der Waals surface area contributed by atoms with E-state index < -0.39 is 5.60 Å². The molecule has 0 aromatic rings. The van der Waals surface area contributed by atoms with Crippen molar-refractivity contribution in [3.63, 3.8) is 0 Å². The van der Waals surface area contributed by atoms with Crippen molar-refractivity contribution in [2.75, 3.05) is 0 Å². The lowest BCUT2D eigenvalue weighted by atomic mass is 9.68. The van der Waals surface area contributed by atoms with Crippen molar-refractivity contribution >= 4 is 12.4 Å². The van der Waals surface area contributed by atoms with E-state index in [1.807, 2.05) is 0 Å². The van der Waals surface area contributed by atoms with Gasteiger partial charge in [-0.3, -0.25) is 0 Å². The van der Waals surface area contributed by atoms with E-state index in [2.05, 4.69) is 26.1 Å². The fourth-order valence-corrected chi connectivity index (χ4v) is 2.70. The lowest BCUT2D eigenvalue weighted by Crippen LogP contribution is -2.51. The summed E-state index contributed by atoms with van der Waals surface area (Å²) in [5.41, 5.74) is -0.449. The zero-order chi connectivity index (χ0) is 8.98. The highest BCUT2D eigenvalue weighted by molar-refractivity contribution is 5.85. The summed E-state index contributed by atoms with van der Waals surface area (Å²) >= 11 is 0. The Morgan fingerprint density at radius 2 is 1.92 bits per heavy atom. The van der Waals surface area contributed by atoms with Gasteiger partial charge in [-0.1, -0.05) is 20.8 Å². The van der Waals surface area contributed by atoms with Crippen LogP contribution < -0.4 is 5.32 Å². The maximum absolute atomic E-state index is 10.5. The third-order valence-corrected chi connectivity index (χ3v) is 3.67. The number of rotatable bonds is 0. The molecule has 3 atom stereocenters. The molecule has 13 heavy (non-hydrogen) atoms. The first kappa shape index (κ1) is 11.3. The minimum atomic E-state index is -0.462. The SMILES string of the molecule is CC(C)(C)C1(O)C[C@@H]2CC[C@H]1N2.Cl. The molecule has 2 rings (SSSR count). The van der Waals surface area contributed by atoms with E-state index in [4.69, 9.17) is 0 Å². The normalized spacial score (nSPS) is 43.4. The zero-order valence-corrected chi connectivity index (χ0v) is 9.45. The van der Waals surface area contributed by atoms with Crippen molar-refractivity contribution in [3.8, 4) is 0 Å². The van der Waals surface area contributed by atoms with E-state index in [0.717, 1.165) is 12.8 Å². The molecule has 2 nitrogen and oxygen atoms in total. The van der Waals surface area contributed by atoms with Crippen LogP contribution >= 0.6 is 12.4 Å². The molecule has 2 heterocycles. The van der Waals surface area contributed by atoms with Gasteiger partial charge < -0.3 is 10.4 Å². The van der Waals surface area contributed by atoms with Gasteiger partial charge in [0.2, 0.25) is 0 Å². The van der Waals surface area contributed by atoms with Crippen molar-refractivity contribution < 1.29 is 5.11 Å². The van der Waals surface area contributed by atoms with Crippen molar-refractivity contribution in [1.29, 1.82) is 0 Å². The lowest BCUT2D eigenvalue weighted by molar-refractivity contribution is -0.0752. The van der Waals surface area contributed by atoms with Gasteiger partial charge in [0.25, 0.3) is 0 Å². The minimum absolute atomic E-state index is 0. The Labute approximate surface area is 86.5 Å². The number of hydrogen-bond donors (Lipinski definition) is 2. The summed E-state index contributed by atoms with van der Waals surface area (Å²) in [5.74, 6) is 0. The first-order chi connectivity index (χ1) is 5.43. The van der Waals surface area contributed by atoms with Gasteiger partial charge in [0.15, 0.2) is 0 Å². The minimum Gasteiger partial charge on any atom is -0.388 e. The molecule has 2 saturated heterocycles. The van der Waals surface area contributed by atoms with Crippen LogP contribution in [-0.2, 0) is 0 Å². The molecule has 0 radical (unpaired) electrons. The number of fused-ring (bicyclic) bond motifs is 2. The molecule has 0 aliphatic carbocycles. The van der Waals surface area contributed by atoms with Gasteiger partial charge >= 0.3 is 0 Å². The van der Waals surface area contributed by atoms with E-state index >= 15 is 0 Å². The van der Waals surface area contributed by atoms with Gasteiger partial charge in [-0.05, 0) is 24.7 Å². The second-order valence-electron chi connectivity index (χ2n) is 5.37. The average Bonchev–Trinajstić information content (AvgIpc) is 2.43. The second-order valence-corrected chi connectivity index (χ2v) is 5.37. The van der Waals surface area contributed by atoms with Crippen LogP contribution in [0.2, 0.25) is 0 Å². The number of nitrogens with one attached hydrogen (secondary N) is 1. The highest BCUT2D eigenvalue weighted by atomic mass is 35.5. The van der Waals surface area contributed by atoms with Gasteiger partial charge in [0, 0.05) is 12.1 Å². The Morgan fingerprint density at radius 1 is 1.31 bits per heavy atom. The maximum Gasteiger partial charge on any atom is 0.0862 e. The topological polar surface area (TPSA) is 32.3 Å². The van der Waals surface area contributed by atoms with Crippen LogP contribution in [0.25, 0.3) is 0 Å². The Morgan fingerprint density at radius 3 is 2.15 bits per heavy atom. The van der Waals surface area contributed by atoms with Crippen LogP contribution in [-0.4, -0.2) is 22.8 Å². The summed E-state index contributed by atoms with van der Waals surface area (Å²) in [5, 5.41) is 13.9. The summed E-state index contributed by atoms with van der Waals surface area (Å²) in [4.78, 5) is 0. The van der Waals surface area contributed by atoms with Crippen LogP contribution in [0, 0.1) is 5.41 Å². The zero-order valence-electron chi connectivity index (χ0n) is 8.63. The summed E-state index contributed by atoms with van der Waals surface area (Å²) in [6, 6.07) is 0.932. The van der Waals surface area contributed by atoms with E-state index in [-0.39, 0.29) is 17.8 Å². The van der Waals surface area contributed by atoms with Crippen LogP contribution in [0.3, 0.4) is 0 Å². The molecule has 0 saturated carbocycles. The fourth-order valence-electron chi connectivity index (χ4n) is 2.70. The fraction of sp³-hybridized carbons (Fsp3) is 1.00. The number of aliphatic hydroxyl groups is 1. The highest BCUT2D eigenvalue weighted by Crippen LogP contribution is 2.46. The predicted molar refractivity (Wildman–Crippen MR) is 56.2 cm³/mol. The molecular weight excluding hydrogens is 186 g/mol. The standard InChI is InChI=1S/C10H19NO.ClH/c1-9(2,3)10(12)6-7-4-5-8(10)11-7;/h7-8,11-12H,4-6H2,1-3H3;1H/t7-,8+,10?;/m0./s1. The quantitative estimate of drug-likeness (QED) is 0.631. The predicted octanol–water partition coefficient (Wildman–Crippen LogP) is 1.71. The molecule has 2 aliphatic heterocycles. The Kier molecular flexibility index (Phi) is 2.70. The van der Waals surface area contributed by atoms with Gasteiger partial charge in [-0.2, -0.15) is 0 Å². The smallest absolute Gasteiger partial charge is 0.0862 e. The average molecular weight is 206 g/mol. The van der Waals surface area contributed by atoms with Crippen molar-refractivity contribution in [1.82, 2.24) is 5.32 Å². The first-order valence-electron chi connectivity index (χ1n) is 4.92. The van der Waals surface area contributed by atoms with Crippen LogP contribution in [0.5, 0.6) is 0 Å².